The summed E-state index contributed by atoms with van der Waals surface area (Å²) in [4.78, 5) is 17.8. The quantitative estimate of drug-likeness (QED) is 0.394. The largest absolute Gasteiger partial charge is 0.494 e. The van der Waals surface area contributed by atoms with Crippen molar-refractivity contribution in [2.45, 2.75) is 39.5 Å². The van der Waals surface area contributed by atoms with Gasteiger partial charge in [0.25, 0.3) is 0 Å². The molecule has 0 N–H and O–H groups in total. The van der Waals surface area contributed by atoms with Gasteiger partial charge in [0.2, 0.25) is 0 Å². The molecule has 1 fully saturated rings. The summed E-state index contributed by atoms with van der Waals surface area (Å²) in [7, 11) is 4.06. The van der Waals surface area contributed by atoms with Crippen LogP contribution in [0.2, 0.25) is 0 Å². The van der Waals surface area contributed by atoms with Crippen LogP contribution in [-0.4, -0.2) is 58.2 Å². The fourth-order valence-electron chi connectivity index (χ4n) is 4.21. The van der Waals surface area contributed by atoms with Gasteiger partial charge in [-0.2, -0.15) is 0 Å². The normalized spacial score (nSPS) is 14.1. The monoisotopic (exact) mass is 423 g/mol. The van der Waals surface area contributed by atoms with Gasteiger partial charge in [-0.1, -0.05) is 18.2 Å². The van der Waals surface area contributed by atoms with E-state index in [4.69, 9.17) is 4.74 Å². The standard InChI is InChI=1S/C26H37N3O2/c1-21-9-7-11-25(22(21)2)29-16-15-28(20-29)14-5-6-18-31-24-13-12-23(10-8-17-30)26(19-24)27(3)4/h7,9,11-13,17,19H,5-6,8,10,14-16,18,20H2,1-4H3. The van der Waals surface area contributed by atoms with Crippen LogP contribution in [0.1, 0.15) is 36.0 Å². The molecule has 0 atom stereocenters. The Balaban J connectivity index is 1.41. The van der Waals surface area contributed by atoms with Gasteiger partial charge in [0.15, 0.2) is 0 Å². The predicted octanol–water partition coefficient (Wildman–Crippen LogP) is 4.44. The number of aryl methyl sites for hydroxylation is 2. The molecule has 0 amide bonds. The molecule has 1 heterocycles. The molecule has 3 rings (SSSR count). The Kier molecular flexibility index (Phi) is 8.35. The fourth-order valence-corrected chi connectivity index (χ4v) is 4.21. The van der Waals surface area contributed by atoms with Gasteiger partial charge in [0.05, 0.1) is 13.3 Å². The number of benzene rings is 2. The average molecular weight is 424 g/mol. The second kappa shape index (κ2) is 11.2. The van der Waals surface area contributed by atoms with Gasteiger partial charge < -0.3 is 19.3 Å². The first-order valence-electron chi connectivity index (χ1n) is 11.4. The zero-order valence-corrected chi connectivity index (χ0v) is 19.6. The topological polar surface area (TPSA) is 36.0 Å². The molecule has 0 saturated carbocycles. The number of anilines is 2. The highest BCUT2D eigenvalue weighted by atomic mass is 16.5. The van der Waals surface area contributed by atoms with E-state index < -0.39 is 0 Å². The molecular formula is C26H37N3O2. The smallest absolute Gasteiger partial charge is 0.121 e. The van der Waals surface area contributed by atoms with Crippen LogP contribution in [-0.2, 0) is 11.2 Å². The van der Waals surface area contributed by atoms with Gasteiger partial charge in [0, 0.05) is 57.6 Å². The number of hydrogen-bond acceptors (Lipinski definition) is 5. The molecule has 5 heteroatoms. The molecule has 2 aromatic rings. The van der Waals surface area contributed by atoms with Crippen LogP contribution in [0.4, 0.5) is 11.4 Å². The van der Waals surface area contributed by atoms with Crippen molar-refractivity contribution in [2.75, 3.05) is 56.8 Å². The number of ether oxygens (including phenoxy) is 1. The maximum absolute atomic E-state index is 10.7. The molecule has 2 aromatic carbocycles. The van der Waals surface area contributed by atoms with E-state index in [2.05, 4.69) is 58.9 Å². The fraction of sp³-hybridized carbons (Fsp3) is 0.500. The van der Waals surface area contributed by atoms with Gasteiger partial charge >= 0.3 is 0 Å². The second-order valence-electron chi connectivity index (χ2n) is 8.69. The Bertz CT molecular complexity index is 866. The first-order valence-corrected chi connectivity index (χ1v) is 11.4. The lowest BCUT2D eigenvalue weighted by Crippen LogP contribution is -2.26. The van der Waals surface area contributed by atoms with E-state index in [0.29, 0.717) is 6.42 Å². The molecular weight excluding hydrogens is 386 g/mol. The van der Waals surface area contributed by atoms with Crippen LogP contribution >= 0.6 is 0 Å². The summed E-state index contributed by atoms with van der Waals surface area (Å²) < 4.78 is 6.02. The molecule has 31 heavy (non-hydrogen) atoms. The number of unbranched alkanes of at least 4 members (excludes halogenated alkanes) is 1. The van der Waals surface area contributed by atoms with E-state index >= 15 is 0 Å². The highest BCUT2D eigenvalue weighted by Gasteiger charge is 2.21. The van der Waals surface area contributed by atoms with Crippen molar-refractivity contribution in [1.82, 2.24) is 4.90 Å². The highest BCUT2D eigenvalue weighted by molar-refractivity contribution is 5.59. The van der Waals surface area contributed by atoms with Gasteiger partial charge in [-0.05, 0) is 61.9 Å². The summed E-state index contributed by atoms with van der Waals surface area (Å²) in [6.45, 7) is 9.49. The molecule has 1 aliphatic heterocycles. The summed E-state index contributed by atoms with van der Waals surface area (Å²) in [5.41, 5.74) is 6.45. The van der Waals surface area contributed by atoms with E-state index in [1.54, 1.807) is 0 Å². The third kappa shape index (κ3) is 6.23. The summed E-state index contributed by atoms with van der Waals surface area (Å²) in [5, 5.41) is 0. The average Bonchev–Trinajstić information content (AvgIpc) is 3.23. The van der Waals surface area contributed by atoms with Crippen LogP contribution < -0.4 is 14.5 Å². The predicted molar refractivity (Wildman–Crippen MR) is 130 cm³/mol. The first kappa shape index (κ1) is 23.1. The number of hydrogen-bond donors (Lipinski definition) is 0. The van der Waals surface area contributed by atoms with E-state index in [1.165, 1.54) is 22.4 Å². The summed E-state index contributed by atoms with van der Waals surface area (Å²) in [5.74, 6) is 0.904. The lowest BCUT2D eigenvalue weighted by atomic mass is 10.1. The van der Waals surface area contributed by atoms with Gasteiger partial charge in [-0.25, -0.2) is 0 Å². The Morgan fingerprint density at radius 2 is 1.94 bits per heavy atom. The van der Waals surface area contributed by atoms with Gasteiger partial charge in [0.1, 0.15) is 12.0 Å². The van der Waals surface area contributed by atoms with Crippen LogP contribution in [0.25, 0.3) is 0 Å². The zero-order valence-electron chi connectivity index (χ0n) is 19.6. The third-order valence-corrected chi connectivity index (χ3v) is 6.18. The van der Waals surface area contributed by atoms with E-state index in [1.807, 2.05) is 20.2 Å². The van der Waals surface area contributed by atoms with Crippen molar-refractivity contribution < 1.29 is 9.53 Å². The Hall–Kier alpha value is -2.53. The van der Waals surface area contributed by atoms with Crippen LogP contribution in [0.3, 0.4) is 0 Å². The van der Waals surface area contributed by atoms with E-state index in [0.717, 1.165) is 69.9 Å². The van der Waals surface area contributed by atoms with Crippen molar-refractivity contribution in [3.63, 3.8) is 0 Å². The summed E-state index contributed by atoms with van der Waals surface area (Å²) in [6, 6.07) is 12.8. The maximum atomic E-state index is 10.7. The number of carbonyl (C=O) groups is 1. The van der Waals surface area contributed by atoms with Crippen molar-refractivity contribution in [1.29, 1.82) is 0 Å². The summed E-state index contributed by atoms with van der Waals surface area (Å²) in [6.07, 6.45) is 4.49. The number of nitrogens with zero attached hydrogens (tertiary/aromatic N) is 3. The van der Waals surface area contributed by atoms with Crippen molar-refractivity contribution >= 4 is 17.7 Å². The minimum atomic E-state index is 0.554. The highest BCUT2D eigenvalue weighted by Crippen LogP contribution is 2.27. The molecule has 0 bridgehead atoms. The van der Waals surface area contributed by atoms with Crippen LogP contribution in [0, 0.1) is 13.8 Å². The van der Waals surface area contributed by atoms with Gasteiger partial charge in [-0.3, -0.25) is 4.90 Å². The third-order valence-electron chi connectivity index (χ3n) is 6.18. The molecule has 1 saturated heterocycles. The Labute approximate surface area is 187 Å². The Morgan fingerprint density at radius 1 is 1.10 bits per heavy atom. The lowest BCUT2D eigenvalue weighted by Gasteiger charge is -2.22. The minimum Gasteiger partial charge on any atom is -0.494 e. The second-order valence-corrected chi connectivity index (χ2v) is 8.69. The lowest BCUT2D eigenvalue weighted by molar-refractivity contribution is -0.107. The molecule has 0 spiro atoms. The molecule has 5 nitrogen and oxygen atoms in total. The van der Waals surface area contributed by atoms with E-state index in [9.17, 15) is 4.79 Å². The maximum Gasteiger partial charge on any atom is 0.121 e. The summed E-state index contributed by atoms with van der Waals surface area (Å²) >= 11 is 0. The van der Waals surface area contributed by atoms with Crippen molar-refractivity contribution in [3.8, 4) is 5.75 Å². The molecule has 0 aliphatic carbocycles. The van der Waals surface area contributed by atoms with Crippen molar-refractivity contribution in [2.24, 2.45) is 0 Å². The van der Waals surface area contributed by atoms with Crippen LogP contribution in [0.15, 0.2) is 36.4 Å². The Morgan fingerprint density at radius 3 is 2.71 bits per heavy atom. The molecule has 168 valence electrons. The number of aldehydes is 1. The zero-order chi connectivity index (χ0) is 22.2. The molecule has 1 aliphatic rings. The molecule has 0 aromatic heterocycles. The van der Waals surface area contributed by atoms with Crippen LogP contribution in [0.5, 0.6) is 5.75 Å². The van der Waals surface area contributed by atoms with E-state index in [-0.39, 0.29) is 0 Å². The number of rotatable bonds is 11. The first-order chi connectivity index (χ1) is 15.0. The molecule has 0 unspecified atom stereocenters. The SMILES string of the molecule is Cc1cccc(N2CCN(CCCCOc3ccc(CCC=O)c(N(C)C)c3)C2)c1C. The minimum absolute atomic E-state index is 0.554. The van der Waals surface area contributed by atoms with Gasteiger partial charge in [-0.15, -0.1) is 0 Å². The number of carbonyl (C=O) groups excluding carboxylic acids is 1. The van der Waals surface area contributed by atoms with Crippen molar-refractivity contribution in [3.05, 3.63) is 53.1 Å². The molecule has 0 radical (unpaired) electrons.